The molecule has 0 saturated heterocycles. The summed E-state index contributed by atoms with van der Waals surface area (Å²) in [4.78, 5) is 42.0. The highest BCUT2D eigenvalue weighted by Gasteiger charge is 2.26. The lowest BCUT2D eigenvalue weighted by molar-refractivity contribution is -0.133. The van der Waals surface area contributed by atoms with Crippen LogP contribution in [-0.2, 0) is 9.59 Å². The van der Waals surface area contributed by atoms with Crippen molar-refractivity contribution in [2.24, 2.45) is 9.98 Å². The minimum absolute atomic E-state index is 0.0233. The van der Waals surface area contributed by atoms with Crippen molar-refractivity contribution in [2.75, 3.05) is 12.4 Å². The molecule has 1 aliphatic rings. The Labute approximate surface area is 146 Å². The van der Waals surface area contributed by atoms with Gasteiger partial charge in [0, 0.05) is 5.56 Å². The van der Waals surface area contributed by atoms with Gasteiger partial charge in [0.05, 0.1) is 12.4 Å². The predicted octanol–water partition coefficient (Wildman–Crippen LogP) is 0.947. The number of nitrogens with zero attached hydrogens (tertiary/aromatic N) is 2. The van der Waals surface area contributed by atoms with Gasteiger partial charge in [-0.1, -0.05) is 11.8 Å². The standard InChI is InChI=1S/C15H14N4O5S/c1-2-24-9-5-3-8(4-6-9)13(22)17-11-12(16)18-15(19-14(11)23)25-7-10(20)21/h3-6H,2,7H2,1H3,(H,20,21)(H2,16,18,19,23). The number of ether oxygens (including phenoxy) is 1. The molecule has 1 heterocycles. The lowest BCUT2D eigenvalue weighted by atomic mass is 10.2. The van der Waals surface area contributed by atoms with Crippen LogP contribution in [-0.4, -0.2) is 52.0 Å². The zero-order chi connectivity index (χ0) is 18.4. The van der Waals surface area contributed by atoms with Crippen molar-refractivity contribution in [3.63, 3.8) is 0 Å². The average molecular weight is 362 g/mol. The number of carboxylic acids is 1. The van der Waals surface area contributed by atoms with Crippen LogP contribution in [0.2, 0.25) is 0 Å². The zero-order valence-electron chi connectivity index (χ0n) is 13.1. The number of benzene rings is 1. The molecule has 1 aliphatic heterocycles. The van der Waals surface area contributed by atoms with Gasteiger partial charge in [0.2, 0.25) is 0 Å². The van der Waals surface area contributed by atoms with Crippen LogP contribution in [0.3, 0.4) is 0 Å². The highest BCUT2D eigenvalue weighted by Crippen LogP contribution is 2.13. The second kappa shape index (κ2) is 8.20. The molecule has 0 saturated carbocycles. The molecule has 25 heavy (non-hydrogen) atoms. The summed E-state index contributed by atoms with van der Waals surface area (Å²) in [5.41, 5.74) is -0.204. The summed E-state index contributed by atoms with van der Waals surface area (Å²) >= 11 is 0.760. The number of amidine groups is 2. The summed E-state index contributed by atoms with van der Waals surface area (Å²) in [5, 5.41) is 18.6. The second-order valence-electron chi connectivity index (χ2n) is 4.63. The molecule has 1 aromatic carbocycles. The SMILES string of the molecule is CCOc1ccc(C(=O)N=C2C(=N)N=C(SCC(=O)O)NC2=O)cc1. The number of hydrogen-bond acceptors (Lipinski definition) is 6. The Morgan fingerprint density at radius 1 is 1.36 bits per heavy atom. The third-order valence-electron chi connectivity index (χ3n) is 2.83. The van der Waals surface area contributed by atoms with Crippen LogP contribution in [0.25, 0.3) is 0 Å². The molecule has 1 aromatic rings. The number of carbonyl (C=O) groups excluding carboxylic acids is 2. The topological polar surface area (TPSA) is 141 Å². The molecule has 0 aromatic heterocycles. The largest absolute Gasteiger partial charge is 0.494 e. The van der Waals surface area contributed by atoms with Crippen LogP contribution >= 0.6 is 11.8 Å². The maximum Gasteiger partial charge on any atom is 0.313 e. The molecule has 0 bridgehead atoms. The van der Waals surface area contributed by atoms with Gasteiger partial charge < -0.3 is 9.84 Å². The van der Waals surface area contributed by atoms with E-state index < -0.39 is 29.3 Å². The van der Waals surface area contributed by atoms with Crippen LogP contribution in [0.15, 0.2) is 34.3 Å². The lowest BCUT2D eigenvalue weighted by Gasteiger charge is -2.14. The van der Waals surface area contributed by atoms with Crippen molar-refractivity contribution in [1.82, 2.24) is 5.32 Å². The van der Waals surface area contributed by atoms with E-state index in [4.69, 9.17) is 15.3 Å². The van der Waals surface area contributed by atoms with E-state index in [1.807, 2.05) is 6.92 Å². The van der Waals surface area contributed by atoms with E-state index in [-0.39, 0.29) is 16.5 Å². The van der Waals surface area contributed by atoms with E-state index in [2.05, 4.69) is 15.3 Å². The van der Waals surface area contributed by atoms with Gasteiger partial charge in [-0.05, 0) is 31.2 Å². The van der Waals surface area contributed by atoms with E-state index in [9.17, 15) is 14.4 Å². The van der Waals surface area contributed by atoms with Gasteiger partial charge in [-0.2, -0.15) is 4.99 Å². The van der Waals surface area contributed by atoms with Crippen LogP contribution in [0.1, 0.15) is 17.3 Å². The van der Waals surface area contributed by atoms with Gasteiger partial charge in [-0.25, -0.2) is 4.99 Å². The number of carboxylic acid groups (broad SMARTS) is 1. The fourth-order valence-electron chi connectivity index (χ4n) is 1.77. The van der Waals surface area contributed by atoms with E-state index in [0.29, 0.717) is 12.4 Å². The molecule has 0 spiro atoms. The highest BCUT2D eigenvalue weighted by molar-refractivity contribution is 8.14. The normalized spacial score (nSPS) is 15.6. The summed E-state index contributed by atoms with van der Waals surface area (Å²) in [5.74, 6) is -2.79. The van der Waals surface area contributed by atoms with E-state index in [0.717, 1.165) is 11.8 Å². The average Bonchev–Trinajstić information content (AvgIpc) is 2.57. The van der Waals surface area contributed by atoms with E-state index in [1.54, 1.807) is 12.1 Å². The summed E-state index contributed by atoms with van der Waals surface area (Å²) in [6, 6.07) is 6.20. The van der Waals surface area contributed by atoms with Crippen molar-refractivity contribution in [3.05, 3.63) is 29.8 Å². The molecule has 2 amide bonds. The molecular formula is C15H14N4O5S. The maximum absolute atomic E-state index is 12.1. The van der Waals surface area contributed by atoms with Crippen molar-refractivity contribution in [1.29, 1.82) is 5.41 Å². The van der Waals surface area contributed by atoms with Crippen molar-refractivity contribution < 1.29 is 24.2 Å². The Morgan fingerprint density at radius 3 is 2.60 bits per heavy atom. The Bertz CT molecular complexity index is 786. The van der Waals surface area contributed by atoms with Crippen LogP contribution in [0.5, 0.6) is 5.75 Å². The van der Waals surface area contributed by atoms with Gasteiger partial charge in [-0.15, -0.1) is 0 Å². The molecular weight excluding hydrogens is 348 g/mol. The Balaban J connectivity index is 2.14. The molecule has 2 rings (SSSR count). The summed E-state index contributed by atoms with van der Waals surface area (Å²) in [6.45, 7) is 2.33. The highest BCUT2D eigenvalue weighted by atomic mass is 32.2. The first-order valence-corrected chi connectivity index (χ1v) is 8.08. The summed E-state index contributed by atoms with van der Waals surface area (Å²) in [7, 11) is 0. The minimum Gasteiger partial charge on any atom is -0.494 e. The number of nitrogens with one attached hydrogen (secondary N) is 2. The van der Waals surface area contributed by atoms with Crippen LogP contribution < -0.4 is 10.1 Å². The zero-order valence-corrected chi connectivity index (χ0v) is 13.9. The molecule has 0 aliphatic carbocycles. The van der Waals surface area contributed by atoms with Gasteiger partial charge >= 0.3 is 5.97 Å². The molecule has 0 fully saturated rings. The predicted molar refractivity (Wildman–Crippen MR) is 92.8 cm³/mol. The van der Waals surface area contributed by atoms with E-state index >= 15 is 0 Å². The van der Waals surface area contributed by atoms with Crippen LogP contribution in [0.4, 0.5) is 0 Å². The lowest BCUT2D eigenvalue weighted by Crippen LogP contribution is -2.43. The number of rotatable bonds is 5. The number of amides is 2. The van der Waals surface area contributed by atoms with Gasteiger partial charge in [-0.3, -0.25) is 25.1 Å². The van der Waals surface area contributed by atoms with Gasteiger partial charge in [0.15, 0.2) is 16.7 Å². The number of thioether (sulfide) groups is 1. The first-order valence-electron chi connectivity index (χ1n) is 7.10. The fourth-order valence-corrected chi connectivity index (χ4v) is 2.36. The molecule has 9 nitrogen and oxygen atoms in total. The summed E-state index contributed by atoms with van der Waals surface area (Å²) < 4.78 is 5.27. The Morgan fingerprint density at radius 2 is 2.04 bits per heavy atom. The monoisotopic (exact) mass is 362 g/mol. The number of aliphatic carboxylic acids is 1. The molecule has 10 heteroatoms. The molecule has 3 N–H and O–H groups in total. The first-order chi connectivity index (χ1) is 11.9. The third-order valence-corrected chi connectivity index (χ3v) is 3.69. The second-order valence-corrected chi connectivity index (χ2v) is 5.59. The smallest absolute Gasteiger partial charge is 0.313 e. The Kier molecular flexibility index (Phi) is 6.01. The first kappa shape index (κ1) is 18.3. The summed E-state index contributed by atoms with van der Waals surface area (Å²) in [6.07, 6.45) is 0. The Hall–Kier alpha value is -3.01. The molecule has 0 unspecified atom stereocenters. The number of carbonyl (C=O) groups is 3. The fraction of sp³-hybridized carbons (Fsp3) is 0.200. The van der Waals surface area contributed by atoms with Gasteiger partial charge in [0.25, 0.3) is 11.8 Å². The molecule has 0 atom stereocenters. The number of hydrogen-bond donors (Lipinski definition) is 3. The number of aliphatic imine (C=N–C) groups is 2. The van der Waals surface area contributed by atoms with Crippen LogP contribution in [0, 0.1) is 5.41 Å². The minimum atomic E-state index is -1.08. The van der Waals surface area contributed by atoms with Crippen molar-refractivity contribution in [2.45, 2.75) is 6.92 Å². The van der Waals surface area contributed by atoms with E-state index in [1.165, 1.54) is 12.1 Å². The maximum atomic E-state index is 12.1. The third kappa shape index (κ3) is 4.98. The quantitative estimate of drug-likeness (QED) is 0.712. The van der Waals surface area contributed by atoms with Crippen molar-refractivity contribution in [3.8, 4) is 5.75 Å². The van der Waals surface area contributed by atoms with Crippen molar-refractivity contribution >= 4 is 46.3 Å². The molecule has 130 valence electrons. The molecule has 0 radical (unpaired) electrons. The van der Waals surface area contributed by atoms with Gasteiger partial charge in [0.1, 0.15) is 5.75 Å².